The van der Waals surface area contributed by atoms with E-state index in [4.69, 9.17) is 10.8 Å². The van der Waals surface area contributed by atoms with E-state index in [0.29, 0.717) is 12.8 Å². The molecule has 0 spiro atoms. The second-order valence-corrected chi connectivity index (χ2v) is 6.41. The SMILES string of the molecule is CC(C)C[C@H](NC(=O)[C@@H]1CCCN1)C(=O)N[C@@H](CC(N)=O)C(=O)O. The molecule has 1 aliphatic rings. The highest BCUT2D eigenvalue weighted by molar-refractivity contribution is 5.93. The van der Waals surface area contributed by atoms with E-state index in [0.717, 1.165) is 13.0 Å². The van der Waals surface area contributed by atoms with Gasteiger partial charge in [-0.05, 0) is 31.7 Å². The minimum atomic E-state index is -1.41. The minimum absolute atomic E-state index is 0.108. The van der Waals surface area contributed by atoms with Crippen molar-refractivity contribution in [2.24, 2.45) is 11.7 Å². The van der Waals surface area contributed by atoms with E-state index in [9.17, 15) is 19.2 Å². The second-order valence-electron chi connectivity index (χ2n) is 6.41. The van der Waals surface area contributed by atoms with Gasteiger partial charge in [-0.15, -0.1) is 0 Å². The van der Waals surface area contributed by atoms with E-state index >= 15 is 0 Å². The molecule has 0 aromatic heterocycles. The van der Waals surface area contributed by atoms with Gasteiger partial charge in [0.2, 0.25) is 17.7 Å². The van der Waals surface area contributed by atoms with Crippen molar-refractivity contribution in [2.45, 2.75) is 57.7 Å². The van der Waals surface area contributed by atoms with Crippen LogP contribution >= 0.6 is 0 Å². The van der Waals surface area contributed by atoms with Gasteiger partial charge in [0, 0.05) is 0 Å². The first-order valence-electron chi connectivity index (χ1n) is 8.06. The van der Waals surface area contributed by atoms with Crippen LogP contribution in [-0.2, 0) is 19.2 Å². The number of primary amides is 1. The molecular formula is C15H26N4O5. The number of carbonyl (C=O) groups excluding carboxylic acids is 3. The summed E-state index contributed by atoms with van der Waals surface area (Å²) in [5.41, 5.74) is 5.00. The van der Waals surface area contributed by atoms with Crippen LogP contribution in [0, 0.1) is 5.92 Å². The highest BCUT2D eigenvalue weighted by atomic mass is 16.4. The molecule has 1 fully saturated rings. The van der Waals surface area contributed by atoms with Gasteiger partial charge in [0.1, 0.15) is 12.1 Å². The Kier molecular flexibility index (Phi) is 7.63. The Morgan fingerprint density at radius 3 is 2.33 bits per heavy atom. The molecule has 0 radical (unpaired) electrons. The zero-order valence-corrected chi connectivity index (χ0v) is 14.0. The van der Waals surface area contributed by atoms with E-state index in [2.05, 4.69) is 16.0 Å². The molecule has 0 unspecified atom stereocenters. The van der Waals surface area contributed by atoms with Crippen LogP contribution < -0.4 is 21.7 Å². The summed E-state index contributed by atoms with van der Waals surface area (Å²) < 4.78 is 0. The first kappa shape index (κ1) is 19.9. The molecule has 136 valence electrons. The van der Waals surface area contributed by atoms with Gasteiger partial charge in [-0.25, -0.2) is 4.79 Å². The summed E-state index contributed by atoms with van der Waals surface area (Å²) >= 11 is 0. The van der Waals surface area contributed by atoms with E-state index in [1.165, 1.54) is 0 Å². The minimum Gasteiger partial charge on any atom is -0.480 e. The Hall–Kier alpha value is -2.16. The van der Waals surface area contributed by atoms with E-state index in [1.54, 1.807) is 0 Å². The fourth-order valence-electron chi connectivity index (χ4n) is 2.56. The van der Waals surface area contributed by atoms with Gasteiger partial charge in [-0.1, -0.05) is 13.8 Å². The molecule has 1 saturated heterocycles. The maximum atomic E-state index is 12.4. The largest absolute Gasteiger partial charge is 0.480 e. The molecule has 6 N–H and O–H groups in total. The third kappa shape index (κ3) is 6.53. The third-order valence-electron chi connectivity index (χ3n) is 3.74. The Labute approximate surface area is 140 Å². The summed E-state index contributed by atoms with van der Waals surface area (Å²) in [5.74, 6) is -2.99. The molecule has 1 aliphatic heterocycles. The number of aliphatic carboxylic acids is 1. The Morgan fingerprint density at radius 2 is 1.88 bits per heavy atom. The summed E-state index contributed by atoms with van der Waals surface area (Å²) in [6.07, 6.45) is 1.43. The molecule has 1 heterocycles. The lowest BCUT2D eigenvalue weighted by Gasteiger charge is -2.23. The maximum absolute atomic E-state index is 12.4. The van der Waals surface area contributed by atoms with Gasteiger partial charge < -0.3 is 26.8 Å². The van der Waals surface area contributed by atoms with Crippen molar-refractivity contribution in [3.8, 4) is 0 Å². The summed E-state index contributed by atoms with van der Waals surface area (Å²) in [6, 6.07) is -2.62. The lowest BCUT2D eigenvalue weighted by Crippen LogP contribution is -2.55. The number of amides is 3. The monoisotopic (exact) mass is 342 g/mol. The number of carbonyl (C=O) groups is 4. The summed E-state index contributed by atoms with van der Waals surface area (Å²) in [4.78, 5) is 46.6. The smallest absolute Gasteiger partial charge is 0.326 e. The Balaban J connectivity index is 2.73. The lowest BCUT2D eigenvalue weighted by molar-refractivity contribution is -0.143. The van der Waals surface area contributed by atoms with Crippen LogP contribution in [0.25, 0.3) is 0 Å². The van der Waals surface area contributed by atoms with Gasteiger partial charge in [-0.2, -0.15) is 0 Å². The fourth-order valence-corrected chi connectivity index (χ4v) is 2.56. The van der Waals surface area contributed by atoms with Gasteiger partial charge in [0.25, 0.3) is 0 Å². The highest BCUT2D eigenvalue weighted by Gasteiger charge is 2.30. The number of nitrogens with two attached hydrogens (primary N) is 1. The zero-order valence-electron chi connectivity index (χ0n) is 14.0. The normalized spacial score (nSPS) is 19.5. The first-order chi connectivity index (χ1) is 11.2. The molecule has 0 aromatic rings. The van der Waals surface area contributed by atoms with Crippen LogP contribution in [0.1, 0.15) is 39.5 Å². The van der Waals surface area contributed by atoms with Crippen LogP contribution in [0.4, 0.5) is 0 Å². The molecule has 0 aromatic carbocycles. The van der Waals surface area contributed by atoms with Crippen LogP contribution in [-0.4, -0.2) is 53.5 Å². The van der Waals surface area contributed by atoms with Gasteiger partial charge in [0.05, 0.1) is 12.5 Å². The first-order valence-corrected chi connectivity index (χ1v) is 8.06. The fraction of sp³-hybridized carbons (Fsp3) is 0.733. The van der Waals surface area contributed by atoms with Gasteiger partial charge in [0.15, 0.2) is 0 Å². The molecule has 3 atom stereocenters. The number of hydrogen-bond acceptors (Lipinski definition) is 5. The Morgan fingerprint density at radius 1 is 1.21 bits per heavy atom. The average molecular weight is 342 g/mol. The molecular weight excluding hydrogens is 316 g/mol. The molecule has 3 amide bonds. The molecule has 9 heteroatoms. The van der Waals surface area contributed by atoms with Crippen molar-refractivity contribution in [3.63, 3.8) is 0 Å². The van der Waals surface area contributed by atoms with Crippen LogP contribution in [0.2, 0.25) is 0 Å². The van der Waals surface area contributed by atoms with Crippen LogP contribution in [0.5, 0.6) is 0 Å². The number of carboxylic acids is 1. The van der Waals surface area contributed by atoms with Crippen molar-refractivity contribution in [1.29, 1.82) is 0 Å². The molecule has 24 heavy (non-hydrogen) atoms. The van der Waals surface area contributed by atoms with E-state index in [1.807, 2.05) is 13.8 Å². The van der Waals surface area contributed by atoms with Crippen molar-refractivity contribution in [3.05, 3.63) is 0 Å². The summed E-state index contributed by atoms with van der Waals surface area (Å²) in [5, 5.41) is 17.0. The molecule has 1 rings (SSSR count). The summed E-state index contributed by atoms with van der Waals surface area (Å²) in [7, 11) is 0. The topological polar surface area (TPSA) is 151 Å². The number of carboxylic acid groups (broad SMARTS) is 1. The third-order valence-corrected chi connectivity index (χ3v) is 3.74. The number of rotatable bonds is 9. The molecule has 0 bridgehead atoms. The predicted molar refractivity (Wildman–Crippen MR) is 85.8 cm³/mol. The second kappa shape index (κ2) is 9.21. The number of hydrogen-bond donors (Lipinski definition) is 5. The van der Waals surface area contributed by atoms with Crippen LogP contribution in [0.3, 0.4) is 0 Å². The quantitative estimate of drug-likeness (QED) is 0.352. The van der Waals surface area contributed by atoms with E-state index in [-0.39, 0.29) is 17.9 Å². The van der Waals surface area contributed by atoms with Gasteiger partial charge in [-0.3, -0.25) is 14.4 Å². The van der Waals surface area contributed by atoms with Crippen molar-refractivity contribution in [1.82, 2.24) is 16.0 Å². The van der Waals surface area contributed by atoms with E-state index < -0.39 is 36.3 Å². The molecule has 9 nitrogen and oxygen atoms in total. The number of nitrogens with one attached hydrogen (secondary N) is 3. The zero-order chi connectivity index (χ0) is 18.3. The van der Waals surface area contributed by atoms with Crippen molar-refractivity contribution >= 4 is 23.7 Å². The highest BCUT2D eigenvalue weighted by Crippen LogP contribution is 2.09. The predicted octanol–water partition coefficient (Wildman–Crippen LogP) is -1.29. The standard InChI is InChI=1S/C15H26N4O5/c1-8(2)6-10(18-13(21)9-4-3-5-17-9)14(22)19-11(15(23)24)7-12(16)20/h8-11,17H,3-7H2,1-2H3,(H2,16,20)(H,18,21)(H,19,22)(H,23,24)/t9-,10-,11-/m0/s1. The Bertz CT molecular complexity index is 488. The van der Waals surface area contributed by atoms with Gasteiger partial charge >= 0.3 is 5.97 Å². The van der Waals surface area contributed by atoms with Crippen molar-refractivity contribution in [2.75, 3.05) is 6.54 Å². The summed E-state index contributed by atoms with van der Waals surface area (Å²) in [6.45, 7) is 4.52. The lowest BCUT2D eigenvalue weighted by atomic mass is 10.0. The molecule has 0 saturated carbocycles. The van der Waals surface area contributed by atoms with Crippen molar-refractivity contribution < 1.29 is 24.3 Å². The molecule has 0 aliphatic carbocycles. The average Bonchev–Trinajstić information content (AvgIpc) is 2.98. The maximum Gasteiger partial charge on any atom is 0.326 e. The van der Waals surface area contributed by atoms with Crippen LogP contribution in [0.15, 0.2) is 0 Å².